The summed E-state index contributed by atoms with van der Waals surface area (Å²) >= 11 is 3.40. The molecule has 16 heavy (non-hydrogen) atoms. The lowest BCUT2D eigenvalue weighted by molar-refractivity contribution is 0.00684. The summed E-state index contributed by atoms with van der Waals surface area (Å²) in [6.07, 6.45) is 0.814. The summed E-state index contributed by atoms with van der Waals surface area (Å²) in [5, 5.41) is 0. The van der Waals surface area contributed by atoms with E-state index in [9.17, 15) is 4.79 Å². The number of ether oxygens (including phenoxy) is 1. The fourth-order valence-corrected chi connectivity index (χ4v) is 1.80. The van der Waals surface area contributed by atoms with Gasteiger partial charge in [0.05, 0.1) is 5.56 Å². The van der Waals surface area contributed by atoms with Crippen molar-refractivity contribution >= 4 is 21.9 Å². The molecule has 0 N–H and O–H groups in total. The summed E-state index contributed by atoms with van der Waals surface area (Å²) in [5.41, 5.74) is 1.21. The van der Waals surface area contributed by atoms with Crippen LogP contribution in [0.5, 0.6) is 0 Å². The largest absolute Gasteiger partial charge is 0.456 e. The molecule has 0 amide bonds. The van der Waals surface area contributed by atoms with Crippen molar-refractivity contribution in [1.29, 1.82) is 0 Å². The van der Waals surface area contributed by atoms with Gasteiger partial charge in [-0.3, -0.25) is 0 Å². The predicted molar refractivity (Wildman–Crippen MR) is 68.7 cm³/mol. The zero-order valence-electron chi connectivity index (χ0n) is 10.1. The number of rotatable bonds is 2. The Morgan fingerprint density at radius 3 is 2.50 bits per heavy atom. The molecule has 1 aromatic rings. The zero-order chi connectivity index (χ0) is 12.3. The van der Waals surface area contributed by atoms with E-state index in [4.69, 9.17) is 4.74 Å². The number of carbonyl (C=O) groups is 1. The second-order valence-corrected chi connectivity index (χ2v) is 5.57. The second-order valence-electron chi connectivity index (χ2n) is 4.66. The molecule has 1 rings (SSSR count). The molecule has 0 fully saturated rings. The van der Waals surface area contributed by atoms with Crippen LogP contribution in [0.1, 0.15) is 43.6 Å². The Morgan fingerprint density at radius 1 is 1.38 bits per heavy atom. The molecule has 0 aliphatic heterocycles. The molecule has 0 aromatic heterocycles. The summed E-state index contributed by atoms with van der Waals surface area (Å²) in [5.74, 6) is -0.253. The van der Waals surface area contributed by atoms with Gasteiger partial charge in [0, 0.05) is 4.47 Å². The van der Waals surface area contributed by atoms with Gasteiger partial charge in [-0.25, -0.2) is 4.79 Å². The lowest BCUT2D eigenvalue weighted by atomic mass is 10.1. The minimum Gasteiger partial charge on any atom is -0.456 e. The molecule has 88 valence electrons. The first-order valence-electron chi connectivity index (χ1n) is 5.35. The van der Waals surface area contributed by atoms with Gasteiger partial charge in [-0.1, -0.05) is 22.9 Å². The summed E-state index contributed by atoms with van der Waals surface area (Å²) < 4.78 is 6.33. The van der Waals surface area contributed by atoms with Crippen molar-refractivity contribution in [2.75, 3.05) is 0 Å². The van der Waals surface area contributed by atoms with Crippen molar-refractivity contribution < 1.29 is 9.53 Å². The van der Waals surface area contributed by atoms with Gasteiger partial charge in [0.25, 0.3) is 0 Å². The van der Waals surface area contributed by atoms with Crippen molar-refractivity contribution in [1.82, 2.24) is 0 Å². The van der Waals surface area contributed by atoms with Crippen LogP contribution in [-0.2, 0) is 11.2 Å². The number of esters is 1. The Hall–Kier alpha value is -0.830. The standard InChI is InChI=1S/C13H17BrO2/c1-5-9-8-10(14)6-7-11(9)12(15)16-13(2,3)4/h6-8H,5H2,1-4H3. The molecular weight excluding hydrogens is 268 g/mol. The van der Waals surface area contributed by atoms with E-state index in [1.54, 1.807) is 6.07 Å². The number of carbonyl (C=O) groups excluding carboxylic acids is 1. The molecule has 2 nitrogen and oxygen atoms in total. The van der Waals surface area contributed by atoms with Crippen molar-refractivity contribution in [2.24, 2.45) is 0 Å². The van der Waals surface area contributed by atoms with E-state index in [2.05, 4.69) is 15.9 Å². The third-order valence-corrected chi connectivity index (χ3v) is 2.56. The maximum Gasteiger partial charge on any atom is 0.338 e. The number of hydrogen-bond donors (Lipinski definition) is 0. The van der Waals surface area contributed by atoms with Gasteiger partial charge in [0.2, 0.25) is 0 Å². The first kappa shape index (κ1) is 13.2. The van der Waals surface area contributed by atoms with Gasteiger partial charge in [0.1, 0.15) is 5.60 Å². The highest BCUT2D eigenvalue weighted by molar-refractivity contribution is 9.10. The molecule has 0 aliphatic carbocycles. The van der Waals surface area contributed by atoms with Crippen LogP contribution in [0.4, 0.5) is 0 Å². The number of benzene rings is 1. The Kier molecular flexibility index (Phi) is 4.14. The molecule has 0 aliphatic rings. The third-order valence-electron chi connectivity index (χ3n) is 2.07. The fourth-order valence-electron chi connectivity index (χ4n) is 1.39. The van der Waals surface area contributed by atoms with E-state index >= 15 is 0 Å². The summed E-state index contributed by atoms with van der Waals surface area (Å²) in [7, 11) is 0. The van der Waals surface area contributed by atoms with Gasteiger partial charge in [-0.2, -0.15) is 0 Å². The minimum atomic E-state index is -0.449. The monoisotopic (exact) mass is 284 g/mol. The lowest BCUT2D eigenvalue weighted by Crippen LogP contribution is -2.24. The summed E-state index contributed by atoms with van der Waals surface area (Å²) in [4.78, 5) is 11.9. The highest BCUT2D eigenvalue weighted by Gasteiger charge is 2.19. The molecule has 0 heterocycles. The first-order chi connectivity index (χ1) is 7.33. The van der Waals surface area contributed by atoms with E-state index in [1.807, 2.05) is 39.8 Å². The average molecular weight is 285 g/mol. The van der Waals surface area contributed by atoms with Crippen molar-refractivity contribution in [3.63, 3.8) is 0 Å². The predicted octanol–water partition coefficient (Wildman–Crippen LogP) is 3.97. The van der Waals surface area contributed by atoms with Gasteiger partial charge in [-0.15, -0.1) is 0 Å². The minimum absolute atomic E-state index is 0.253. The molecule has 0 atom stereocenters. The van der Waals surface area contributed by atoms with Crippen LogP contribution in [0, 0.1) is 0 Å². The highest BCUT2D eigenvalue weighted by Crippen LogP contribution is 2.20. The van der Waals surface area contributed by atoms with Crippen LogP contribution >= 0.6 is 15.9 Å². The van der Waals surface area contributed by atoms with E-state index in [0.717, 1.165) is 16.5 Å². The average Bonchev–Trinajstić information content (AvgIpc) is 2.14. The highest BCUT2D eigenvalue weighted by atomic mass is 79.9. The van der Waals surface area contributed by atoms with E-state index in [1.165, 1.54) is 0 Å². The summed E-state index contributed by atoms with van der Waals surface area (Å²) in [6.45, 7) is 7.63. The zero-order valence-corrected chi connectivity index (χ0v) is 11.7. The maximum atomic E-state index is 11.9. The Morgan fingerprint density at radius 2 is 2.00 bits per heavy atom. The third kappa shape index (κ3) is 3.63. The van der Waals surface area contributed by atoms with Crippen LogP contribution in [0.15, 0.2) is 22.7 Å². The molecular formula is C13H17BrO2. The Labute approximate surface area is 105 Å². The van der Waals surface area contributed by atoms with Crippen molar-refractivity contribution in [2.45, 2.75) is 39.7 Å². The van der Waals surface area contributed by atoms with Crippen molar-refractivity contribution in [3.8, 4) is 0 Å². The summed E-state index contributed by atoms with van der Waals surface area (Å²) in [6, 6.07) is 5.62. The SMILES string of the molecule is CCc1cc(Br)ccc1C(=O)OC(C)(C)C. The van der Waals surface area contributed by atoms with Crippen LogP contribution in [0.2, 0.25) is 0 Å². The van der Waals surface area contributed by atoms with E-state index < -0.39 is 5.60 Å². The Balaban J connectivity index is 2.99. The van der Waals surface area contributed by atoms with Gasteiger partial charge in [-0.05, 0) is 51.0 Å². The number of halogens is 1. The van der Waals surface area contributed by atoms with Crippen molar-refractivity contribution in [3.05, 3.63) is 33.8 Å². The number of hydrogen-bond acceptors (Lipinski definition) is 2. The first-order valence-corrected chi connectivity index (χ1v) is 6.14. The quantitative estimate of drug-likeness (QED) is 0.769. The fraction of sp³-hybridized carbons (Fsp3) is 0.462. The molecule has 1 aromatic carbocycles. The lowest BCUT2D eigenvalue weighted by Gasteiger charge is -2.20. The topological polar surface area (TPSA) is 26.3 Å². The molecule has 0 spiro atoms. The van der Waals surface area contributed by atoms with E-state index in [-0.39, 0.29) is 5.97 Å². The van der Waals surface area contributed by atoms with Crippen LogP contribution in [0.25, 0.3) is 0 Å². The second kappa shape index (κ2) is 5.00. The molecule has 0 saturated carbocycles. The van der Waals surface area contributed by atoms with Crippen LogP contribution in [0.3, 0.4) is 0 Å². The smallest absolute Gasteiger partial charge is 0.338 e. The van der Waals surface area contributed by atoms with E-state index in [0.29, 0.717) is 5.56 Å². The maximum absolute atomic E-state index is 11.9. The Bertz CT molecular complexity index is 391. The molecule has 0 bridgehead atoms. The van der Waals surface area contributed by atoms with Crippen LogP contribution < -0.4 is 0 Å². The van der Waals surface area contributed by atoms with Gasteiger partial charge >= 0.3 is 5.97 Å². The molecule has 3 heteroatoms. The van der Waals surface area contributed by atoms with Gasteiger partial charge < -0.3 is 4.74 Å². The van der Waals surface area contributed by atoms with Crippen LogP contribution in [-0.4, -0.2) is 11.6 Å². The molecule has 0 unspecified atom stereocenters. The molecule has 0 saturated heterocycles. The normalized spacial score (nSPS) is 11.3. The number of aryl methyl sites for hydroxylation is 1. The van der Waals surface area contributed by atoms with Gasteiger partial charge in [0.15, 0.2) is 0 Å². The molecule has 0 radical (unpaired) electrons.